The summed E-state index contributed by atoms with van der Waals surface area (Å²) in [7, 11) is 0. The highest BCUT2D eigenvalue weighted by Crippen LogP contribution is 2.18. The van der Waals surface area contributed by atoms with Crippen molar-refractivity contribution < 1.29 is 24.5 Å². The lowest BCUT2D eigenvalue weighted by Gasteiger charge is -2.22. The van der Waals surface area contributed by atoms with E-state index in [-0.39, 0.29) is 18.5 Å². The lowest BCUT2D eigenvalue weighted by molar-refractivity contribution is -0.143. The van der Waals surface area contributed by atoms with E-state index in [0.717, 1.165) is 44.9 Å². The van der Waals surface area contributed by atoms with Crippen LogP contribution in [0.5, 0.6) is 0 Å². The molecule has 3 N–H and O–H groups in total. The monoisotopic (exact) mass is 988 g/mol. The van der Waals surface area contributed by atoms with Gasteiger partial charge in [0.25, 0.3) is 0 Å². The van der Waals surface area contributed by atoms with Crippen LogP contribution in [0, 0.1) is 0 Å². The molecular weight excluding hydrogens is 863 g/mol. The average molecular weight is 989 g/mol. The number of ether oxygens (including phenoxy) is 1. The maximum atomic E-state index is 12.5. The Bertz CT molecular complexity index is 1050. The molecule has 0 rings (SSSR count). The van der Waals surface area contributed by atoms with Crippen LogP contribution in [0.2, 0.25) is 0 Å². The van der Waals surface area contributed by atoms with Crippen molar-refractivity contribution in [2.24, 2.45) is 0 Å². The molecule has 2 unspecified atom stereocenters. The Kier molecular flexibility index (Phi) is 59.0. The smallest absolute Gasteiger partial charge is 0.305 e. The van der Waals surface area contributed by atoms with Crippen LogP contribution in [0.25, 0.3) is 0 Å². The van der Waals surface area contributed by atoms with E-state index >= 15 is 0 Å². The van der Waals surface area contributed by atoms with Crippen LogP contribution < -0.4 is 5.32 Å². The molecule has 0 saturated heterocycles. The summed E-state index contributed by atoms with van der Waals surface area (Å²) in [5.74, 6) is -0.0412. The third kappa shape index (κ3) is 55.9. The average Bonchev–Trinajstić information content (AvgIpc) is 3.36. The third-order valence-corrected chi connectivity index (χ3v) is 15.1. The van der Waals surface area contributed by atoms with E-state index < -0.39 is 12.1 Å². The number of nitrogens with one attached hydrogen (secondary N) is 1. The van der Waals surface area contributed by atoms with E-state index in [9.17, 15) is 19.8 Å². The zero-order valence-corrected chi connectivity index (χ0v) is 47.5. The van der Waals surface area contributed by atoms with Gasteiger partial charge in [0.1, 0.15) is 0 Å². The summed E-state index contributed by atoms with van der Waals surface area (Å²) in [6.45, 7) is 4.96. The van der Waals surface area contributed by atoms with Crippen molar-refractivity contribution in [3.05, 3.63) is 12.2 Å². The normalized spacial score (nSPS) is 12.6. The zero-order chi connectivity index (χ0) is 50.7. The van der Waals surface area contributed by atoms with Crippen LogP contribution >= 0.6 is 0 Å². The van der Waals surface area contributed by atoms with Gasteiger partial charge in [-0.1, -0.05) is 309 Å². The summed E-state index contributed by atoms with van der Waals surface area (Å²) >= 11 is 0. The SMILES string of the molecule is CCCCCCCC/C=C\CCCCCCCC(=O)OCCCCCCCCCCCCCCCCCCC(=O)NC(CO)C(O)CCCCCCCCCCCCCCCCCCCCCCCC. The lowest BCUT2D eigenvalue weighted by atomic mass is 10.0. The fourth-order valence-corrected chi connectivity index (χ4v) is 10.2. The van der Waals surface area contributed by atoms with E-state index in [0.29, 0.717) is 25.9 Å². The van der Waals surface area contributed by atoms with Gasteiger partial charge in [-0.3, -0.25) is 9.59 Å². The molecule has 0 fully saturated rings. The first-order valence-electron chi connectivity index (χ1n) is 31.9. The van der Waals surface area contributed by atoms with Crippen LogP contribution in [0.1, 0.15) is 361 Å². The predicted octanol–water partition coefficient (Wildman–Crippen LogP) is 20.0. The highest BCUT2D eigenvalue weighted by Gasteiger charge is 2.20. The van der Waals surface area contributed by atoms with Crippen LogP contribution in [0.3, 0.4) is 0 Å². The number of carbonyl (C=O) groups is 2. The van der Waals surface area contributed by atoms with E-state index in [2.05, 4.69) is 31.3 Å². The molecule has 6 nitrogen and oxygen atoms in total. The number of carbonyl (C=O) groups excluding carboxylic acids is 2. The molecule has 0 aliphatic rings. The number of amides is 1. The third-order valence-electron chi connectivity index (χ3n) is 15.1. The second-order valence-corrected chi connectivity index (χ2v) is 22.1. The molecule has 0 aromatic carbocycles. The van der Waals surface area contributed by atoms with Crippen molar-refractivity contribution in [2.75, 3.05) is 13.2 Å². The van der Waals surface area contributed by atoms with Gasteiger partial charge in [-0.2, -0.15) is 0 Å². The number of rotatable bonds is 60. The summed E-state index contributed by atoms with van der Waals surface area (Å²) in [4.78, 5) is 24.6. The van der Waals surface area contributed by atoms with Gasteiger partial charge >= 0.3 is 5.97 Å². The molecule has 0 saturated carbocycles. The number of aliphatic hydroxyl groups is 2. The van der Waals surface area contributed by atoms with Gasteiger partial charge in [-0.15, -0.1) is 0 Å². The van der Waals surface area contributed by atoms with Gasteiger partial charge in [0, 0.05) is 12.8 Å². The van der Waals surface area contributed by atoms with Gasteiger partial charge < -0.3 is 20.3 Å². The van der Waals surface area contributed by atoms with Crippen molar-refractivity contribution in [1.29, 1.82) is 0 Å². The molecule has 0 spiro atoms. The second kappa shape index (κ2) is 60.2. The highest BCUT2D eigenvalue weighted by atomic mass is 16.5. The van der Waals surface area contributed by atoms with Crippen molar-refractivity contribution in [2.45, 2.75) is 373 Å². The topological polar surface area (TPSA) is 95.9 Å². The van der Waals surface area contributed by atoms with Crippen LogP contribution in [0.15, 0.2) is 12.2 Å². The molecule has 0 heterocycles. The van der Waals surface area contributed by atoms with Gasteiger partial charge in [0.05, 0.1) is 25.4 Å². The van der Waals surface area contributed by atoms with Crippen molar-refractivity contribution >= 4 is 11.9 Å². The molecule has 2 atom stereocenters. The Morgan fingerprint density at radius 1 is 0.386 bits per heavy atom. The number of unbranched alkanes of at least 4 members (excludes halogenated alkanes) is 47. The molecule has 6 heteroatoms. The number of allylic oxidation sites excluding steroid dienone is 2. The summed E-state index contributed by atoms with van der Waals surface area (Å²) in [6.07, 6.45) is 72.2. The fourth-order valence-electron chi connectivity index (χ4n) is 10.2. The van der Waals surface area contributed by atoms with Crippen LogP contribution in [-0.2, 0) is 14.3 Å². The van der Waals surface area contributed by atoms with Gasteiger partial charge in [-0.05, 0) is 51.4 Å². The van der Waals surface area contributed by atoms with Crippen LogP contribution in [0.4, 0.5) is 0 Å². The minimum atomic E-state index is -0.670. The summed E-state index contributed by atoms with van der Waals surface area (Å²) in [6, 6.07) is -0.547. The molecule has 0 radical (unpaired) electrons. The number of aliphatic hydroxyl groups excluding tert-OH is 2. The van der Waals surface area contributed by atoms with Crippen molar-refractivity contribution in [1.82, 2.24) is 5.32 Å². The molecule has 416 valence electrons. The van der Waals surface area contributed by atoms with Crippen molar-refractivity contribution in [3.63, 3.8) is 0 Å². The number of esters is 1. The number of hydrogen-bond donors (Lipinski definition) is 3. The molecule has 1 amide bonds. The van der Waals surface area contributed by atoms with E-state index in [1.165, 1.54) is 283 Å². The molecule has 0 aliphatic heterocycles. The summed E-state index contributed by atoms with van der Waals surface area (Å²) < 4.78 is 5.48. The maximum Gasteiger partial charge on any atom is 0.305 e. The first kappa shape index (κ1) is 68.6. The first-order chi connectivity index (χ1) is 34.5. The minimum Gasteiger partial charge on any atom is -0.466 e. The Hall–Kier alpha value is -1.40. The summed E-state index contributed by atoms with van der Waals surface area (Å²) in [5, 5.41) is 23.4. The van der Waals surface area contributed by atoms with Gasteiger partial charge in [0.15, 0.2) is 0 Å². The minimum absolute atomic E-state index is 0.00350. The standard InChI is InChI=1S/C64H125NO5/c1-3-5-7-9-11-13-15-17-19-20-21-22-23-24-25-29-32-36-40-44-48-52-56-62(67)61(60-66)65-63(68)57-53-49-45-41-37-33-30-26-27-31-35-39-43-47-51-55-59-70-64(69)58-54-50-46-42-38-34-28-18-16-14-12-10-8-6-4-2/h18,28,61-62,66-67H,3-17,19-27,29-60H2,1-2H3,(H,65,68)/b28-18-. The molecule has 0 aromatic rings. The molecule has 0 aliphatic carbocycles. The highest BCUT2D eigenvalue weighted by molar-refractivity contribution is 5.76. The van der Waals surface area contributed by atoms with Crippen molar-refractivity contribution in [3.8, 4) is 0 Å². The van der Waals surface area contributed by atoms with E-state index in [4.69, 9.17) is 4.74 Å². The fraction of sp³-hybridized carbons (Fsp3) is 0.938. The van der Waals surface area contributed by atoms with Gasteiger partial charge in [-0.25, -0.2) is 0 Å². The molecule has 70 heavy (non-hydrogen) atoms. The van der Waals surface area contributed by atoms with E-state index in [1.807, 2.05) is 0 Å². The zero-order valence-electron chi connectivity index (χ0n) is 47.5. The van der Waals surface area contributed by atoms with Crippen LogP contribution in [-0.4, -0.2) is 47.4 Å². The second-order valence-electron chi connectivity index (χ2n) is 22.1. The Morgan fingerprint density at radius 2 is 0.671 bits per heavy atom. The van der Waals surface area contributed by atoms with Gasteiger partial charge in [0.2, 0.25) is 5.91 Å². The number of hydrogen-bond acceptors (Lipinski definition) is 5. The maximum absolute atomic E-state index is 12.5. The van der Waals surface area contributed by atoms with E-state index in [1.54, 1.807) is 0 Å². The molecular formula is C64H125NO5. The largest absolute Gasteiger partial charge is 0.466 e. The Labute approximate surface area is 438 Å². The molecule has 0 aromatic heterocycles. The molecule has 0 bridgehead atoms. The quantitative estimate of drug-likeness (QED) is 0.0321. The predicted molar refractivity (Wildman–Crippen MR) is 306 cm³/mol. The summed E-state index contributed by atoms with van der Waals surface area (Å²) in [5.41, 5.74) is 0. The lowest BCUT2D eigenvalue weighted by Crippen LogP contribution is -2.45. The Balaban J connectivity index is 3.42. The Morgan fingerprint density at radius 3 is 1.01 bits per heavy atom. The first-order valence-corrected chi connectivity index (χ1v) is 31.9.